The first-order chi connectivity index (χ1) is 6.85. The average molecular weight is 215 g/mol. The fourth-order valence-corrected chi connectivity index (χ4v) is 3.58. The van der Waals surface area contributed by atoms with E-state index in [0.717, 1.165) is 12.4 Å². The summed E-state index contributed by atoms with van der Waals surface area (Å²) in [7, 11) is 0. The Kier molecular flexibility index (Phi) is 3.74. The molecular weight excluding hydrogens is 194 g/mol. The zero-order valence-corrected chi connectivity index (χ0v) is 9.87. The maximum Gasteiger partial charge on any atom is 0.128 e. The molecule has 0 saturated carbocycles. The molecular formula is C11H21NOS. The highest BCUT2D eigenvalue weighted by Gasteiger charge is 2.37. The smallest absolute Gasteiger partial charge is 0.128 e. The van der Waals surface area contributed by atoms with Crippen LogP contribution < -0.4 is 5.32 Å². The third-order valence-corrected chi connectivity index (χ3v) is 4.40. The van der Waals surface area contributed by atoms with E-state index in [9.17, 15) is 0 Å². The lowest BCUT2D eigenvalue weighted by atomic mass is 10.0. The van der Waals surface area contributed by atoms with E-state index in [4.69, 9.17) is 4.74 Å². The quantitative estimate of drug-likeness (QED) is 0.764. The van der Waals surface area contributed by atoms with Gasteiger partial charge < -0.3 is 4.74 Å². The molecule has 0 aromatic heterocycles. The van der Waals surface area contributed by atoms with Crippen LogP contribution in [0.4, 0.5) is 0 Å². The predicted octanol–water partition coefficient (Wildman–Crippen LogP) is 2.39. The molecule has 3 heteroatoms. The van der Waals surface area contributed by atoms with Crippen LogP contribution >= 0.6 is 11.8 Å². The lowest BCUT2D eigenvalue weighted by Gasteiger charge is -2.44. The Morgan fingerprint density at radius 1 is 1.57 bits per heavy atom. The van der Waals surface area contributed by atoms with Crippen LogP contribution in [0.2, 0.25) is 0 Å². The molecule has 2 nitrogen and oxygen atoms in total. The molecule has 14 heavy (non-hydrogen) atoms. The summed E-state index contributed by atoms with van der Waals surface area (Å²) < 4.78 is 5.95. The van der Waals surface area contributed by atoms with Crippen molar-refractivity contribution >= 4 is 11.8 Å². The van der Waals surface area contributed by atoms with E-state index >= 15 is 0 Å². The van der Waals surface area contributed by atoms with E-state index in [0.29, 0.717) is 6.04 Å². The van der Waals surface area contributed by atoms with Gasteiger partial charge in [-0.1, -0.05) is 13.3 Å². The van der Waals surface area contributed by atoms with E-state index in [1.807, 2.05) is 11.8 Å². The largest absolute Gasteiger partial charge is 0.360 e. The van der Waals surface area contributed by atoms with Crippen LogP contribution in [0.1, 0.15) is 39.0 Å². The molecule has 2 fully saturated rings. The van der Waals surface area contributed by atoms with Crippen molar-refractivity contribution in [2.75, 3.05) is 18.1 Å². The fourth-order valence-electron chi connectivity index (χ4n) is 2.44. The maximum absolute atomic E-state index is 5.95. The number of thioether (sulfide) groups is 1. The van der Waals surface area contributed by atoms with Crippen molar-refractivity contribution < 1.29 is 4.74 Å². The molecule has 2 atom stereocenters. The molecule has 1 N–H and O–H groups in total. The molecule has 2 aliphatic heterocycles. The van der Waals surface area contributed by atoms with Gasteiger partial charge in [0.2, 0.25) is 0 Å². The molecule has 2 heterocycles. The highest BCUT2D eigenvalue weighted by atomic mass is 32.2. The Labute approximate surface area is 91.2 Å². The first-order valence-electron chi connectivity index (χ1n) is 5.84. The molecule has 0 radical (unpaired) electrons. The van der Waals surface area contributed by atoms with E-state index in [1.54, 1.807) is 0 Å². The Morgan fingerprint density at radius 2 is 2.50 bits per heavy atom. The van der Waals surface area contributed by atoms with Crippen LogP contribution in [-0.2, 0) is 4.74 Å². The van der Waals surface area contributed by atoms with Crippen molar-refractivity contribution in [2.24, 2.45) is 0 Å². The van der Waals surface area contributed by atoms with E-state index < -0.39 is 0 Å². The Bertz CT molecular complexity index is 173. The Hall–Kier alpha value is 0.270. The lowest BCUT2D eigenvalue weighted by Crippen LogP contribution is -2.59. The van der Waals surface area contributed by atoms with Crippen molar-refractivity contribution in [3.05, 3.63) is 0 Å². The minimum atomic E-state index is 0.0427. The lowest BCUT2D eigenvalue weighted by molar-refractivity contribution is -0.101. The summed E-state index contributed by atoms with van der Waals surface area (Å²) in [6, 6.07) is 0.701. The van der Waals surface area contributed by atoms with Gasteiger partial charge in [-0.25, -0.2) is 0 Å². The minimum absolute atomic E-state index is 0.0427. The van der Waals surface area contributed by atoms with Gasteiger partial charge in [-0.3, -0.25) is 5.32 Å². The molecule has 0 amide bonds. The van der Waals surface area contributed by atoms with Crippen LogP contribution in [0.25, 0.3) is 0 Å². The molecule has 2 rings (SSSR count). The monoisotopic (exact) mass is 215 g/mol. The SMILES string of the molecule is CCCC1CCOC2(CCCSC2)N1. The zero-order chi connectivity index (χ0) is 9.86. The summed E-state index contributed by atoms with van der Waals surface area (Å²) in [6.07, 6.45) is 6.29. The molecule has 2 aliphatic rings. The van der Waals surface area contributed by atoms with E-state index in [2.05, 4.69) is 12.2 Å². The Balaban J connectivity index is 1.91. The van der Waals surface area contributed by atoms with Gasteiger partial charge in [0.25, 0.3) is 0 Å². The normalized spacial score (nSPS) is 38.8. The zero-order valence-electron chi connectivity index (χ0n) is 9.05. The fraction of sp³-hybridized carbons (Fsp3) is 1.00. The summed E-state index contributed by atoms with van der Waals surface area (Å²) >= 11 is 2.03. The number of ether oxygens (including phenoxy) is 1. The number of hydrogen-bond donors (Lipinski definition) is 1. The van der Waals surface area contributed by atoms with Gasteiger partial charge in [-0.05, 0) is 31.4 Å². The Morgan fingerprint density at radius 3 is 3.21 bits per heavy atom. The second-order valence-corrected chi connectivity index (χ2v) is 5.52. The molecule has 0 aliphatic carbocycles. The number of rotatable bonds is 2. The van der Waals surface area contributed by atoms with Gasteiger partial charge in [0.05, 0.1) is 6.61 Å². The molecule has 0 aromatic carbocycles. The third kappa shape index (κ3) is 2.44. The molecule has 0 aromatic rings. The number of hydrogen-bond acceptors (Lipinski definition) is 3. The summed E-state index contributed by atoms with van der Waals surface area (Å²) in [5.41, 5.74) is 0.0427. The third-order valence-electron chi connectivity index (χ3n) is 3.15. The van der Waals surface area contributed by atoms with Crippen LogP contribution in [0.15, 0.2) is 0 Å². The average Bonchev–Trinajstić information content (AvgIpc) is 2.19. The van der Waals surface area contributed by atoms with Crippen molar-refractivity contribution in [3.8, 4) is 0 Å². The topological polar surface area (TPSA) is 21.3 Å². The first-order valence-corrected chi connectivity index (χ1v) is 6.99. The molecule has 0 bridgehead atoms. The van der Waals surface area contributed by atoms with Crippen LogP contribution in [-0.4, -0.2) is 29.9 Å². The molecule has 2 unspecified atom stereocenters. The summed E-state index contributed by atoms with van der Waals surface area (Å²) in [6.45, 7) is 3.22. The van der Waals surface area contributed by atoms with Gasteiger partial charge in [0, 0.05) is 11.8 Å². The van der Waals surface area contributed by atoms with Crippen molar-refractivity contribution in [2.45, 2.75) is 50.8 Å². The maximum atomic E-state index is 5.95. The van der Waals surface area contributed by atoms with Gasteiger partial charge in [-0.15, -0.1) is 0 Å². The van der Waals surface area contributed by atoms with Crippen molar-refractivity contribution in [1.82, 2.24) is 5.32 Å². The molecule has 1 spiro atoms. The van der Waals surface area contributed by atoms with Crippen LogP contribution in [0.3, 0.4) is 0 Å². The first kappa shape index (κ1) is 10.8. The summed E-state index contributed by atoms with van der Waals surface area (Å²) in [5, 5.41) is 3.73. The van der Waals surface area contributed by atoms with E-state index in [1.165, 1.54) is 37.9 Å². The highest BCUT2D eigenvalue weighted by Crippen LogP contribution is 2.31. The van der Waals surface area contributed by atoms with Crippen molar-refractivity contribution in [3.63, 3.8) is 0 Å². The van der Waals surface area contributed by atoms with E-state index in [-0.39, 0.29) is 5.72 Å². The van der Waals surface area contributed by atoms with Gasteiger partial charge in [-0.2, -0.15) is 11.8 Å². The van der Waals surface area contributed by atoms with Gasteiger partial charge in [0.1, 0.15) is 5.72 Å². The van der Waals surface area contributed by atoms with Gasteiger partial charge >= 0.3 is 0 Å². The summed E-state index contributed by atoms with van der Waals surface area (Å²) in [4.78, 5) is 0. The number of nitrogens with one attached hydrogen (secondary N) is 1. The van der Waals surface area contributed by atoms with Crippen molar-refractivity contribution in [1.29, 1.82) is 0 Å². The standard InChI is InChI=1S/C11H21NOS/c1-2-4-10-5-7-13-11(12-10)6-3-8-14-9-11/h10,12H,2-9H2,1H3. The van der Waals surface area contributed by atoms with Gasteiger partial charge in [0.15, 0.2) is 0 Å². The van der Waals surface area contributed by atoms with Crippen LogP contribution in [0, 0.1) is 0 Å². The molecule has 2 saturated heterocycles. The highest BCUT2D eigenvalue weighted by molar-refractivity contribution is 7.99. The minimum Gasteiger partial charge on any atom is -0.360 e. The second kappa shape index (κ2) is 4.86. The second-order valence-electron chi connectivity index (χ2n) is 4.42. The summed E-state index contributed by atoms with van der Waals surface area (Å²) in [5.74, 6) is 2.46. The molecule has 82 valence electrons. The van der Waals surface area contributed by atoms with Crippen LogP contribution in [0.5, 0.6) is 0 Å². The predicted molar refractivity (Wildman–Crippen MR) is 61.7 cm³/mol.